The number of hydrogen-bond acceptors (Lipinski definition) is 6. The van der Waals surface area contributed by atoms with Gasteiger partial charge in [0.2, 0.25) is 0 Å². The molecular formula is C29H36N2O4. The number of ether oxygens (including phenoxy) is 1. The lowest BCUT2D eigenvalue weighted by Gasteiger charge is -2.62. The van der Waals surface area contributed by atoms with Crippen LogP contribution in [-0.2, 0) is 23.1 Å². The lowest BCUT2D eigenvalue weighted by Crippen LogP contribution is -2.76. The van der Waals surface area contributed by atoms with Crippen molar-refractivity contribution in [3.05, 3.63) is 59.2 Å². The third-order valence-electron chi connectivity index (χ3n) is 8.96. The maximum Gasteiger partial charge on any atom is 0.174 e. The highest BCUT2D eigenvalue weighted by Crippen LogP contribution is 2.64. The molecule has 5 atom stereocenters. The number of nitrogens with zero attached hydrogens (tertiary/aromatic N) is 1. The molecule has 0 radical (unpaired) electrons. The Bertz CT molecular complexity index is 1130. The zero-order valence-corrected chi connectivity index (χ0v) is 20.5. The number of carbonyl (C=O) groups excluding carboxylic acids is 1. The van der Waals surface area contributed by atoms with E-state index in [1.165, 1.54) is 18.4 Å². The van der Waals surface area contributed by atoms with Crippen molar-refractivity contribution in [1.29, 1.82) is 0 Å². The molecule has 2 aromatic carbocycles. The van der Waals surface area contributed by atoms with E-state index >= 15 is 0 Å². The Hall–Kier alpha value is -2.41. The first-order valence-corrected chi connectivity index (χ1v) is 13.1. The fourth-order valence-electron chi connectivity index (χ4n) is 7.25. The van der Waals surface area contributed by atoms with Crippen LogP contribution in [0.4, 0.5) is 0 Å². The first-order valence-electron chi connectivity index (χ1n) is 13.1. The summed E-state index contributed by atoms with van der Waals surface area (Å²) in [7, 11) is 0. The number of Topliss-reactive ketones (excluding diaryl/α,β-unsaturated/α-hetero) is 1. The molecule has 1 unspecified atom stereocenters. The normalized spacial score (nSPS) is 33.3. The summed E-state index contributed by atoms with van der Waals surface area (Å²) in [5.41, 5.74) is 7.40. The van der Waals surface area contributed by atoms with Gasteiger partial charge in [-0.15, -0.1) is 0 Å². The number of nitrogens with two attached hydrogens (primary N) is 1. The zero-order chi connectivity index (χ0) is 24.4. The summed E-state index contributed by atoms with van der Waals surface area (Å²) in [5.74, 6) is 1.39. The van der Waals surface area contributed by atoms with E-state index in [9.17, 15) is 15.0 Å². The van der Waals surface area contributed by atoms with E-state index in [2.05, 4.69) is 17.0 Å². The van der Waals surface area contributed by atoms with Gasteiger partial charge in [-0.3, -0.25) is 9.69 Å². The number of aromatic hydroxyl groups is 1. The van der Waals surface area contributed by atoms with Crippen LogP contribution >= 0.6 is 0 Å². The minimum atomic E-state index is -0.940. The second kappa shape index (κ2) is 8.32. The van der Waals surface area contributed by atoms with Crippen molar-refractivity contribution < 1.29 is 19.7 Å². The molecule has 0 aromatic heterocycles. The van der Waals surface area contributed by atoms with Crippen molar-refractivity contribution in [2.24, 2.45) is 11.7 Å². The largest absolute Gasteiger partial charge is 0.504 e. The first-order chi connectivity index (χ1) is 16.8. The molecule has 3 fully saturated rings. The van der Waals surface area contributed by atoms with Gasteiger partial charge >= 0.3 is 0 Å². The average Bonchev–Trinajstić information content (AvgIpc) is 3.57. The van der Waals surface area contributed by atoms with Crippen LogP contribution in [0, 0.1) is 5.92 Å². The van der Waals surface area contributed by atoms with Crippen LogP contribution < -0.4 is 10.5 Å². The number of aliphatic hydroxyl groups is 1. The number of phenols is 1. The zero-order valence-electron chi connectivity index (χ0n) is 20.5. The van der Waals surface area contributed by atoms with Crippen LogP contribution in [0.25, 0.3) is 0 Å². The molecule has 2 aliphatic heterocycles. The molecule has 5 aliphatic rings. The van der Waals surface area contributed by atoms with Crippen molar-refractivity contribution in [3.8, 4) is 11.5 Å². The number of hydrogen-bond donors (Lipinski definition) is 3. The Kier molecular flexibility index (Phi) is 5.47. The molecule has 6 heteroatoms. The molecule has 0 amide bonds. The number of rotatable bonds is 4. The van der Waals surface area contributed by atoms with Gasteiger partial charge in [0.25, 0.3) is 0 Å². The van der Waals surface area contributed by atoms with Crippen molar-refractivity contribution in [2.45, 2.75) is 81.1 Å². The van der Waals surface area contributed by atoms with E-state index in [4.69, 9.17) is 10.5 Å². The quantitative estimate of drug-likeness (QED) is 0.628. The van der Waals surface area contributed by atoms with E-state index in [0.717, 1.165) is 49.4 Å². The Morgan fingerprint density at radius 2 is 1.94 bits per heavy atom. The van der Waals surface area contributed by atoms with E-state index in [0.29, 0.717) is 18.6 Å². The third kappa shape index (κ3) is 3.52. The van der Waals surface area contributed by atoms with Crippen molar-refractivity contribution in [3.63, 3.8) is 0 Å². The maximum atomic E-state index is 12.7. The highest BCUT2D eigenvalue weighted by atomic mass is 16.5. The molecule has 2 heterocycles. The van der Waals surface area contributed by atoms with Crippen molar-refractivity contribution >= 4 is 5.78 Å². The number of likely N-dealkylation sites (tertiary alicyclic amines) is 1. The van der Waals surface area contributed by atoms with Crippen LogP contribution in [0.5, 0.6) is 11.5 Å². The summed E-state index contributed by atoms with van der Waals surface area (Å²) < 4.78 is 6.04. The summed E-state index contributed by atoms with van der Waals surface area (Å²) in [4.78, 5) is 15.2. The topological polar surface area (TPSA) is 96.0 Å². The van der Waals surface area contributed by atoms with Gasteiger partial charge in [-0.05, 0) is 75.1 Å². The summed E-state index contributed by atoms with van der Waals surface area (Å²) in [6.07, 6.45) is 5.30. The standard InChI is InChI=1S/C20H23NO4.C9H13N/c22-13-4-3-12-9-15-20(24)6-5-14(23)18-19(20,16(12)17(13)25-18)7-8-21(15)10-11-1-2-11;1-8(10)7-9-5-3-2-4-6-9/h3-4,11,15,18,22,24H,1-2,5-10H2;2-6,8H,7,10H2,1H3/t15-,18+,19+,20-;/m1./s1. The fourth-order valence-corrected chi connectivity index (χ4v) is 7.25. The van der Waals surface area contributed by atoms with Crippen LogP contribution in [0.3, 0.4) is 0 Å². The SMILES string of the molecule is CC(N)Cc1ccccc1.O=C1CC[C@@]2(O)[C@H]3Cc4ccc(O)c5c4[C@@]2(CCN3CC2CC2)[C@H]1O5. The van der Waals surface area contributed by atoms with Gasteiger partial charge in [-0.2, -0.15) is 0 Å². The lowest BCUT2D eigenvalue weighted by atomic mass is 9.49. The van der Waals surface area contributed by atoms with Gasteiger partial charge in [0.15, 0.2) is 23.4 Å². The molecule has 4 N–H and O–H groups in total. The molecule has 2 aromatic rings. The molecule has 3 aliphatic carbocycles. The van der Waals surface area contributed by atoms with Gasteiger partial charge in [0.1, 0.15) is 0 Å². The molecule has 1 saturated heterocycles. The molecular weight excluding hydrogens is 440 g/mol. The Morgan fingerprint density at radius 1 is 1.17 bits per heavy atom. The van der Waals surface area contributed by atoms with Crippen molar-refractivity contribution in [2.75, 3.05) is 13.1 Å². The minimum Gasteiger partial charge on any atom is -0.504 e. The van der Waals surface area contributed by atoms with Gasteiger partial charge in [-0.25, -0.2) is 0 Å². The van der Waals surface area contributed by atoms with Gasteiger partial charge in [0, 0.05) is 30.6 Å². The van der Waals surface area contributed by atoms with Gasteiger partial charge < -0.3 is 20.7 Å². The Balaban J connectivity index is 0.000000194. The summed E-state index contributed by atoms with van der Waals surface area (Å²) in [6, 6.07) is 14.3. The molecule has 6 nitrogen and oxygen atoms in total. The first kappa shape index (κ1) is 23.0. The summed E-state index contributed by atoms with van der Waals surface area (Å²) >= 11 is 0. The number of benzene rings is 2. The maximum absolute atomic E-state index is 12.7. The number of piperidine rings is 1. The average molecular weight is 477 g/mol. The monoisotopic (exact) mass is 476 g/mol. The van der Waals surface area contributed by atoms with E-state index in [-0.39, 0.29) is 23.6 Å². The smallest absolute Gasteiger partial charge is 0.174 e. The summed E-state index contributed by atoms with van der Waals surface area (Å²) in [5, 5.41) is 22.3. The molecule has 2 bridgehead atoms. The van der Waals surface area contributed by atoms with Crippen LogP contribution in [0.15, 0.2) is 42.5 Å². The van der Waals surface area contributed by atoms with Crippen LogP contribution in [0.2, 0.25) is 0 Å². The highest BCUT2D eigenvalue weighted by Gasteiger charge is 2.73. The Labute approximate surface area is 207 Å². The molecule has 7 rings (SSSR count). The number of carbonyl (C=O) groups is 1. The second-order valence-corrected chi connectivity index (χ2v) is 11.4. The van der Waals surface area contributed by atoms with Crippen LogP contribution in [-0.4, -0.2) is 57.8 Å². The van der Waals surface area contributed by atoms with E-state index < -0.39 is 17.1 Å². The Morgan fingerprint density at radius 3 is 2.66 bits per heavy atom. The van der Waals surface area contributed by atoms with Gasteiger partial charge in [0.05, 0.1) is 11.0 Å². The predicted molar refractivity (Wildman–Crippen MR) is 134 cm³/mol. The molecule has 1 spiro atoms. The highest BCUT2D eigenvalue weighted by molar-refractivity contribution is 5.90. The lowest BCUT2D eigenvalue weighted by molar-refractivity contribution is -0.188. The minimum absolute atomic E-state index is 0.0454. The fraction of sp³-hybridized carbons (Fsp3) is 0.552. The molecule has 186 valence electrons. The van der Waals surface area contributed by atoms with E-state index in [1.807, 2.05) is 31.2 Å². The third-order valence-corrected chi connectivity index (χ3v) is 8.96. The second-order valence-electron chi connectivity index (χ2n) is 11.4. The van der Waals surface area contributed by atoms with E-state index in [1.54, 1.807) is 6.07 Å². The summed E-state index contributed by atoms with van der Waals surface area (Å²) in [6.45, 7) is 3.97. The van der Waals surface area contributed by atoms with Crippen molar-refractivity contribution in [1.82, 2.24) is 4.90 Å². The predicted octanol–water partition coefficient (Wildman–Crippen LogP) is 3.10. The molecule has 2 saturated carbocycles. The van der Waals surface area contributed by atoms with Crippen LogP contribution in [0.1, 0.15) is 55.7 Å². The number of phenolic OH excluding ortho intramolecular Hbond substituents is 1. The molecule has 35 heavy (non-hydrogen) atoms. The van der Waals surface area contributed by atoms with Gasteiger partial charge in [-0.1, -0.05) is 36.4 Å². The number of ketones is 1.